The average Bonchev–Trinajstić information content (AvgIpc) is 2.76. The second kappa shape index (κ2) is 11.1. The highest BCUT2D eigenvalue weighted by Crippen LogP contribution is 2.27. The van der Waals surface area contributed by atoms with Gasteiger partial charge in [0.2, 0.25) is 5.91 Å². The molecule has 2 rings (SSSR count). The summed E-state index contributed by atoms with van der Waals surface area (Å²) in [6.45, 7) is 4.22. The van der Waals surface area contributed by atoms with Crippen LogP contribution in [0.4, 0.5) is 0 Å². The van der Waals surface area contributed by atoms with Crippen molar-refractivity contribution in [3.8, 4) is 17.2 Å². The molecule has 0 saturated heterocycles. The number of nitrogens with one attached hydrogen (secondary N) is 2. The van der Waals surface area contributed by atoms with Gasteiger partial charge in [0.05, 0.1) is 21.3 Å². The molecular weight excluding hydrogens is 384 g/mol. The monoisotopic (exact) mass is 414 g/mol. The van der Waals surface area contributed by atoms with E-state index in [1.54, 1.807) is 45.6 Å². The van der Waals surface area contributed by atoms with Crippen LogP contribution in [0.25, 0.3) is 0 Å². The van der Waals surface area contributed by atoms with E-state index < -0.39 is 6.04 Å². The molecule has 0 spiro atoms. The van der Waals surface area contributed by atoms with Crippen LogP contribution in [0.15, 0.2) is 42.5 Å². The summed E-state index contributed by atoms with van der Waals surface area (Å²) in [5.74, 6) is 1.28. The Kier molecular flexibility index (Phi) is 8.53. The number of hydrogen-bond donors (Lipinski definition) is 2. The standard InChI is InChI=1S/C23H30N2O5/c1-15(2)21(25-22(26)17-7-6-8-18(14-17)28-3)23(27)24-12-11-16-9-10-19(29-4)20(13-16)30-5/h6-10,13-15,21H,11-12H2,1-5H3,(H,24,27)(H,25,26). The molecule has 1 atom stereocenters. The van der Waals surface area contributed by atoms with E-state index in [4.69, 9.17) is 14.2 Å². The summed E-state index contributed by atoms with van der Waals surface area (Å²) in [5, 5.41) is 5.73. The first kappa shape index (κ1) is 23.1. The van der Waals surface area contributed by atoms with Gasteiger partial charge < -0.3 is 24.8 Å². The Bertz CT molecular complexity index is 866. The molecule has 0 saturated carbocycles. The molecule has 2 amide bonds. The minimum absolute atomic E-state index is 0.0689. The molecule has 0 heterocycles. The van der Waals surface area contributed by atoms with Crippen LogP contribution in [-0.4, -0.2) is 45.7 Å². The van der Waals surface area contributed by atoms with Crippen molar-refractivity contribution in [2.45, 2.75) is 26.3 Å². The fraction of sp³-hybridized carbons (Fsp3) is 0.391. The minimum Gasteiger partial charge on any atom is -0.497 e. The summed E-state index contributed by atoms with van der Waals surface area (Å²) in [5.41, 5.74) is 1.45. The molecule has 7 nitrogen and oxygen atoms in total. The smallest absolute Gasteiger partial charge is 0.252 e. The molecular formula is C23H30N2O5. The van der Waals surface area contributed by atoms with Gasteiger partial charge in [0.15, 0.2) is 11.5 Å². The van der Waals surface area contributed by atoms with Gasteiger partial charge in [-0.3, -0.25) is 9.59 Å². The van der Waals surface area contributed by atoms with E-state index in [-0.39, 0.29) is 17.7 Å². The van der Waals surface area contributed by atoms with Gasteiger partial charge in [-0.15, -0.1) is 0 Å². The zero-order chi connectivity index (χ0) is 22.1. The third-order valence-corrected chi connectivity index (χ3v) is 4.73. The third-order valence-electron chi connectivity index (χ3n) is 4.73. The van der Waals surface area contributed by atoms with Crippen LogP contribution < -0.4 is 24.8 Å². The summed E-state index contributed by atoms with van der Waals surface area (Å²) in [7, 11) is 4.71. The molecule has 0 bridgehead atoms. The molecule has 0 aromatic heterocycles. The highest BCUT2D eigenvalue weighted by Gasteiger charge is 2.24. The van der Waals surface area contributed by atoms with Crippen LogP contribution in [0.1, 0.15) is 29.8 Å². The lowest BCUT2D eigenvalue weighted by molar-refractivity contribution is -0.123. The molecule has 0 fully saturated rings. The Morgan fingerprint density at radius 3 is 2.30 bits per heavy atom. The molecule has 1 unspecified atom stereocenters. The summed E-state index contributed by atoms with van der Waals surface area (Å²) < 4.78 is 15.7. The predicted octanol–water partition coefficient (Wildman–Crippen LogP) is 2.83. The lowest BCUT2D eigenvalue weighted by Gasteiger charge is -2.22. The average molecular weight is 415 g/mol. The first-order chi connectivity index (χ1) is 14.4. The van der Waals surface area contributed by atoms with E-state index in [9.17, 15) is 9.59 Å². The number of carbonyl (C=O) groups is 2. The Morgan fingerprint density at radius 2 is 1.67 bits per heavy atom. The number of methoxy groups -OCH3 is 3. The second-order valence-corrected chi connectivity index (χ2v) is 7.16. The number of amides is 2. The molecule has 30 heavy (non-hydrogen) atoms. The highest BCUT2D eigenvalue weighted by molar-refractivity contribution is 5.97. The molecule has 162 valence electrons. The van der Waals surface area contributed by atoms with Crippen molar-refractivity contribution in [1.29, 1.82) is 0 Å². The van der Waals surface area contributed by atoms with Crippen LogP contribution in [0.3, 0.4) is 0 Å². The first-order valence-electron chi connectivity index (χ1n) is 9.83. The number of benzene rings is 2. The van der Waals surface area contributed by atoms with Gasteiger partial charge in [-0.2, -0.15) is 0 Å². The number of carbonyl (C=O) groups excluding carboxylic acids is 2. The molecule has 0 aliphatic heterocycles. The first-order valence-corrected chi connectivity index (χ1v) is 9.83. The van der Waals surface area contributed by atoms with Gasteiger partial charge in [-0.1, -0.05) is 26.0 Å². The molecule has 7 heteroatoms. The topological polar surface area (TPSA) is 85.9 Å². The Hall–Kier alpha value is -3.22. The molecule has 2 aromatic carbocycles. The number of hydrogen-bond acceptors (Lipinski definition) is 5. The van der Waals surface area contributed by atoms with Crippen molar-refractivity contribution >= 4 is 11.8 Å². The fourth-order valence-electron chi connectivity index (χ4n) is 3.00. The van der Waals surface area contributed by atoms with E-state index in [2.05, 4.69) is 10.6 Å². The zero-order valence-electron chi connectivity index (χ0n) is 18.2. The Balaban J connectivity index is 1.96. The quantitative estimate of drug-likeness (QED) is 0.624. The van der Waals surface area contributed by atoms with Gasteiger partial charge in [-0.05, 0) is 48.2 Å². The highest BCUT2D eigenvalue weighted by atomic mass is 16.5. The van der Waals surface area contributed by atoms with Crippen molar-refractivity contribution in [3.05, 3.63) is 53.6 Å². The molecule has 0 aliphatic carbocycles. The lowest BCUT2D eigenvalue weighted by atomic mass is 10.0. The summed E-state index contributed by atoms with van der Waals surface area (Å²) in [6, 6.07) is 11.8. The van der Waals surface area contributed by atoms with Crippen LogP contribution >= 0.6 is 0 Å². The Labute approximate surface area is 177 Å². The summed E-state index contributed by atoms with van der Waals surface area (Å²) >= 11 is 0. The number of rotatable bonds is 10. The zero-order valence-corrected chi connectivity index (χ0v) is 18.2. The van der Waals surface area contributed by atoms with E-state index in [0.29, 0.717) is 35.8 Å². The van der Waals surface area contributed by atoms with E-state index in [0.717, 1.165) is 5.56 Å². The second-order valence-electron chi connectivity index (χ2n) is 7.16. The summed E-state index contributed by atoms with van der Waals surface area (Å²) in [6.07, 6.45) is 0.626. The lowest BCUT2D eigenvalue weighted by Crippen LogP contribution is -2.50. The SMILES string of the molecule is COc1cccc(C(=O)NC(C(=O)NCCc2ccc(OC)c(OC)c2)C(C)C)c1. The van der Waals surface area contributed by atoms with Crippen molar-refractivity contribution in [3.63, 3.8) is 0 Å². The van der Waals surface area contributed by atoms with Gasteiger partial charge in [-0.25, -0.2) is 0 Å². The van der Waals surface area contributed by atoms with Crippen molar-refractivity contribution < 1.29 is 23.8 Å². The van der Waals surface area contributed by atoms with Crippen LogP contribution in [0.5, 0.6) is 17.2 Å². The van der Waals surface area contributed by atoms with Gasteiger partial charge in [0.25, 0.3) is 5.91 Å². The maximum atomic E-state index is 12.7. The molecule has 2 aromatic rings. The van der Waals surface area contributed by atoms with Gasteiger partial charge in [0.1, 0.15) is 11.8 Å². The Morgan fingerprint density at radius 1 is 0.933 bits per heavy atom. The third kappa shape index (κ3) is 6.14. The number of ether oxygens (including phenoxy) is 3. The van der Waals surface area contributed by atoms with E-state index >= 15 is 0 Å². The maximum absolute atomic E-state index is 12.7. The van der Waals surface area contributed by atoms with Crippen LogP contribution in [-0.2, 0) is 11.2 Å². The van der Waals surface area contributed by atoms with Gasteiger partial charge in [0, 0.05) is 12.1 Å². The van der Waals surface area contributed by atoms with Crippen molar-refractivity contribution in [2.24, 2.45) is 5.92 Å². The summed E-state index contributed by atoms with van der Waals surface area (Å²) in [4.78, 5) is 25.3. The van der Waals surface area contributed by atoms with Crippen LogP contribution in [0, 0.1) is 5.92 Å². The molecule has 0 aliphatic rings. The predicted molar refractivity (Wildman–Crippen MR) is 115 cm³/mol. The van der Waals surface area contributed by atoms with Crippen LogP contribution in [0.2, 0.25) is 0 Å². The molecule has 2 N–H and O–H groups in total. The van der Waals surface area contributed by atoms with Crippen molar-refractivity contribution in [2.75, 3.05) is 27.9 Å². The fourth-order valence-corrected chi connectivity index (χ4v) is 3.00. The van der Waals surface area contributed by atoms with E-state index in [1.165, 1.54) is 0 Å². The van der Waals surface area contributed by atoms with E-state index in [1.807, 2.05) is 32.0 Å². The largest absolute Gasteiger partial charge is 0.497 e. The normalized spacial score (nSPS) is 11.5. The minimum atomic E-state index is -0.644. The maximum Gasteiger partial charge on any atom is 0.252 e. The molecule has 0 radical (unpaired) electrons. The van der Waals surface area contributed by atoms with Crippen molar-refractivity contribution in [1.82, 2.24) is 10.6 Å². The van der Waals surface area contributed by atoms with Gasteiger partial charge >= 0.3 is 0 Å².